The first-order valence-corrected chi connectivity index (χ1v) is 15.2. The van der Waals surface area contributed by atoms with E-state index in [2.05, 4.69) is 15.6 Å². The lowest BCUT2D eigenvalue weighted by molar-refractivity contribution is 0.0733. The standard InChI is InChI=1S/C30H33ClF2N4O3S/c1-2-23-16-41-29(35-23)26-6-4-8-37(26)30(40)19-12-18(13-20(31)14-19)28(39)36-25(27(38)24-5-3-7-34-24)11-17-9-21(32)15-22(33)10-17/h9-10,12-16,24-27,34,38H,2-8,11H2,1H3,(H,36,39). The van der Waals surface area contributed by atoms with Crippen LogP contribution in [0.4, 0.5) is 8.78 Å². The molecular weight excluding hydrogens is 570 g/mol. The number of halogens is 3. The molecule has 0 saturated carbocycles. The second-order valence-electron chi connectivity index (χ2n) is 10.7. The summed E-state index contributed by atoms with van der Waals surface area (Å²) in [5, 5.41) is 20.3. The maximum absolute atomic E-state index is 13.9. The number of aliphatic hydroxyl groups is 1. The van der Waals surface area contributed by atoms with E-state index in [1.807, 2.05) is 12.3 Å². The highest BCUT2D eigenvalue weighted by Crippen LogP contribution is 2.35. The molecular formula is C30H33ClF2N4O3S. The van der Waals surface area contributed by atoms with Gasteiger partial charge in [-0.1, -0.05) is 18.5 Å². The summed E-state index contributed by atoms with van der Waals surface area (Å²) in [6.07, 6.45) is 3.06. The van der Waals surface area contributed by atoms with Crippen LogP contribution in [0.5, 0.6) is 0 Å². The number of likely N-dealkylation sites (tertiary alicyclic amines) is 1. The Labute approximate surface area is 246 Å². The van der Waals surface area contributed by atoms with Gasteiger partial charge in [0, 0.05) is 40.2 Å². The number of nitrogens with zero attached hydrogens (tertiary/aromatic N) is 2. The Bertz CT molecular complexity index is 1390. The number of aryl methyl sites for hydroxylation is 1. The van der Waals surface area contributed by atoms with E-state index in [-0.39, 0.29) is 40.6 Å². The maximum Gasteiger partial charge on any atom is 0.254 e. The van der Waals surface area contributed by atoms with Gasteiger partial charge in [0.2, 0.25) is 0 Å². The van der Waals surface area contributed by atoms with E-state index in [1.165, 1.54) is 24.3 Å². The Morgan fingerprint density at radius 3 is 2.59 bits per heavy atom. The van der Waals surface area contributed by atoms with Crippen molar-refractivity contribution in [1.82, 2.24) is 20.5 Å². The molecule has 3 N–H and O–H groups in total. The molecule has 0 radical (unpaired) electrons. The van der Waals surface area contributed by atoms with Gasteiger partial charge in [-0.15, -0.1) is 11.3 Å². The SMILES string of the molecule is CCc1csc(C2CCCN2C(=O)c2cc(Cl)cc(C(=O)NC(Cc3cc(F)cc(F)c3)C(O)C3CCCN3)c2)n1. The van der Waals surface area contributed by atoms with Crippen molar-refractivity contribution >= 4 is 34.8 Å². The van der Waals surface area contributed by atoms with Crippen molar-refractivity contribution in [1.29, 1.82) is 0 Å². The minimum atomic E-state index is -1.01. The van der Waals surface area contributed by atoms with E-state index < -0.39 is 29.7 Å². The quantitative estimate of drug-likeness (QED) is 0.318. The van der Waals surface area contributed by atoms with Gasteiger partial charge in [0.15, 0.2) is 0 Å². The lowest BCUT2D eigenvalue weighted by Crippen LogP contribution is -2.52. The Morgan fingerprint density at radius 1 is 1.15 bits per heavy atom. The predicted molar refractivity (Wildman–Crippen MR) is 154 cm³/mol. The van der Waals surface area contributed by atoms with Crippen LogP contribution < -0.4 is 10.6 Å². The fourth-order valence-electron chi connectivity index (χ4n) is 5.69. The number of nitrogens with one attached hydrogen (secondary N) is 2. The molecule has 4 unspecified atom stereocenters. The van der Waals surface area contributed by atoms with E-state index in [9.17, 15) is 23.5 Å². The van der Waals surface area contributed by atoms with Gasteiger partial charge < -0.3 is 20.6 Å². The molecule has 0 spiro atoms. The van der Waals surface area contributed by atoms with E-state index in [0.717, 1.165) is 49.0 Å². The maximum atomic E-state index is 13.9. The highest BCUT2D eigenvalue weighted by Gasteiger charge is 2.34. The van der Waals surface area contributed by atoms with Gasteiger partial charge in [0.05, 0.1) is 23.9 Å². The molecule has 2 fully saturated rings. The fraction of sp³-hybridized carbons (Fsp3) is 0.433. The highest BCUT2D eigenvalue weighted by atomic mass is 35.5. The molecule has 3 aromatic rings. The summed E-state index contributed by atoms with van der Waals surface area (Å²) in [5.41, 5.74) is 1.74. The van der Waals surface area contributed by atoms with Gasteiger partial charge in [-0.2, -0.15) is 0 Å². The van der Waals surface area contributed by atoms with Gasteiger partial charge >= 0.3 is 0 Å². The van der Waals surface area contributed by atoms with Crippen molar-refractivity contribution in [3.05, 3.63) is 85.8 Å². The fourth-order valence-corrected chi connectivity index (χ4v) is 6.97. The third-order valence-electron chi connectivity index (χ3n) is 7.75. The van der Waals surface area contributed by atoms with Crippen molar-refractivity contribution in [2.75, 3.05) is 13.1 Å². The minimum Gasteiger partial charge on any atom is -0.389 e. The molecule has 2 amide bonds. The largest absolute Gasteiger partial charge is 0.389 e. The number of carbonyl (C=O) groups excluding carboxylic acids is 2. The summed E-state index contributed by atoms with van der Waals surface area (Å²) in [7, 11) is 0. The molecule has 5 rings (SSSR count). The van der Waals surface area contributed by atoms with Crippen molar-refractivity contribution in [3.63, 3.8) is 0 Å². The monoisotopic (exact) mass is 602 g/mol. The lowest BCUT2D eigenvalue weighted by Gasteiger charge is -2.29. The molecule has 2 aliphatic heterocycles. The number of aromatic nitrogens is 1. The molecule has 218 valence electrons. The third kappa shape index (κ3) is 6.94. The smallest absolute Gasteiger partial charge is 0.254 e. The van der Waals surface area contributed by atoms with Crippen LogP contribution in [-0.2, 0) is 12.8 Å². The molecule has 3 heterocycles. The summed E-state index contributed by atoms with van der Waals surface area (Å²) in [6, 6.07) is 6.39. The first-order chi connectivity index (χ1) is 19.7. The predicted octanol–water partition coefficient (Wildman–Crippen LogP) is 5.07. The number of amides is 2. The zero-order chi connectivity index (χ0) is 29.1. The summed E-state index contributed by atoms with van der Waals surface area (Å²) in [4.78, 5) is 33.6. The number of benzene rings is 2. The molecule has 41 heavy (non-hydrogen) atoms. The molecule has 0 aliphatic carbocycles. The molecule has 2 aromatic carbocycles. The van der Waals surface area contributed by atoms with Crippen LogP contribution in [0.2, 0.25) is 5.02 Å². The van der Waals surface area contributed by atoms with Crippen LogP contribution >= 0.6 is 22.9 Å². The van der Waals surface area contributed by atoms with E-state index in [0.29, 0.717) is 18.5 Å². The number of aliphatic hydroxyl groups excluding tert-OH is 1. The molecule has 11 heteroatoms. The van der Waals surface area contributed by atoms with Crippen LogP contribution in [0.1, 0.15) is 75.6 Å². The molecule has 2 saturated heterocycles. The van der Waals surface area contributed by atoms with Gasteiger partial charge in [-0.25, -0.2) is 13.8 Å². The van der Waals surface area contributed by atoms with E-state index >= 15 is 0 Å². The van der Waals surface area contributed by atoms with Crippen molar-refractivity contribution in [3.8, 4) is 0 Å². The summed E-state index contributed by atoms with van der Waals surface area (Å²) in [5.74, 6) is -2.26. The second kappa shape index (κ2) is 12.9. The van der Waals surface area contributed by atoms with Crippen LogP contribution in [0, 0.1) is 11.6 Å². The average molecular weight is 603 g/mol. The van der Waals surface area contributed by atoms with Crippen LogP contribution in [0.25, 0.3) is 0 Å². The van der Waals surface area contributed by atoms with Crippen molar-refractivity contribution in [2.45, 2.75) is 69.7 Å². The number of thiazole rings is 1. The zero-order valence-corrected chi connectivity index (χ0v) is 24.3. The molecule has 7 nitrogen and oxygen atoms in total. The average Bonchev–Trinajstić information content (AvgIpc) is 3.72. The van der Waals surface area contributed by atoms with Crippen molar-refractivity contribution in [2.24, 2.45) is 0 Å². The number of carbonyl (C=O) groups is 2. The van der Waals surface area contributed by atoms with E-state index in [1.54, 1.807) is 22.3 Å². The Balaban J connectivity index is 1.37. The number of hydrogen-bond acceptors (Lipinski definition) is 6. The zero-order valence-electron chi connectivity index (χ0n) is 22.7. The Morgan fingerprint density at radius 2 is 1.90 bits per heavy atom. The first kappa shape index (κ1) is 29.6. The van der Waals surface area contributed by atoms with Gasteiger partial charge in [0.25, 0.3) is 11.8 Å². The Hall–Kier alpha value is -2.92. The summed E-state index contributed by atoms with van der Waals surface area (Å²) in [6.45, 7) is 3.35. The number of rotatable bonds is 9. The number of hydrogen-bond donors (Lipinski definition) is 3. The third-order valence-corrected chi connectivity index (χ3v) is 8.97. The first-order valence-electron chi connectivity index (χ1n) is 13.9. The summed E-state index contributed by atoms with van der Waals surface area (Å²) < 4.78 is 27.8. The molecule has 4 atom stereocenters. The molecule has 1 aromatic heterocycles. The van der Waals surface area contributed by atoms with Crippen LogP contribution in [-0.4, -0.2) is 58.1 Å². The second-order valence-corrected chi connectivity index (χ2v) is 12.0. The van der Waals surface area contributed by atoms with Gasteiger partial charge in [0.1, 0.15) is 16.6 Å². The van der Waals surface area contributed by atoms with Crippen LogP contribution in [0.3, 0.4) is 0 Å². The Kier molecular flexibility index (Phi) is 9.33. The normalized spacial score (nSPS) is 20.3. The molecule has 2 aliphatic rings. The summed E-state index contributed by atoms with van der Waals surface area (Å²) >= 11 is 7.93. The molecule has 0 bridgehead atoms. The minimum absolute atomic E-state index is 0.00907. The topological polar surface area (TPSA) is 94.6 Å². The van der Waals surface area contributed by atoms with Gasteiger partial charge in [-0.05, 0) is 81.0 Å². The highest BCUT2D eigenvalue weighted by molar-refractivity contribution is 7.09. The van der Waals surface area contributed by atoms with E-state index in [4.69, 9.17) is 11.6 Å². The van der Waals surface area contributed by atoms with Crippen LogP contribution in [0.15, 0.2) is 41.8 Å². The van der Waals surface area contributed by atoms with Crippen molar-refractivity contribution < 1.29 is 23.5 Å². The van der Waals surface area contributed by atoms with Gasteiger partial charge in [-0.3, -0.25) is 9.59 Å². The lowest BCUT2D eigenvalue weighted by atomic mass is 9.95.